The van der Waals surface area contributed by atoms with E-state index in [1.54, 1.807) is 0 Å². The van der Waals surface area contributed by atoms with E-state index in [-0.39, 0.29) is 12.1 Å². The molecule has 0 bridgehead atoms. The van der Waals surface area contributed by atoms with Gasteiger partial charge in [-0.2, -0.15) is 0 Å². The molecule has 0 radical (unpaired) electrons. The predicted molar refractivity (Wildman–Crippen MR) is 85.1 cm³/mol. The lowest BCUT2D eigenvalue weighted by molar-refractivity contribution is -0.269. The molecular formula is C17H28N2O2. The minimum atomic E-state index is -0.643. The molecule has 1 saturated heterocycles. The van der Waals surface area contributed by atoms with Gasteiger partial charge in [-0.1, -0.05) is 30.3 Å². The maximum absolute atomic E-state index is 6.58. The average Bonchev–Trinajstić information content (AvgIpc) is 2.49. The number of nitrogens with zero attached hydrogens (tertiary/aromatic N) is 1. The average molecular weight is 292 g/mol. The third-order valence-corrected chi connectivity index (χ3v) is 4.37. The van der Waals surface area contributed by atoms with Crippen LogP contribution in [0.5, 0.6) is 0 Å². The van der Waals surface area contributed by atoms with Crippen LogP contribution >= 0.6 is 0 Å². The van der Waals surface area contributed by atoms with Crippen molar-refractivity contribution in [2.45, 2.75) is 44.6 Å². The van der Waals surface area contributed by atoms with E-state index in [1.165, 1.54) is 5.56 Å². The zero-order valence-electron chi connectivity index (χ0n) is 13.4. The summed E-state index contributed by atoms with van der Waals surface area (Å²) in [4.78, 5) is 2.33. The van der Waals surface area contributed by atoms with Gasteiger partial charge in [-0.15, -0.1) is 0 Å². The number of ether oxygens (including phenoxy) is 2. The summed E-state index contributed by atoms with van der Waals surface area (Å²) in [6.07, 6.45) is 1.73. The summed E-state index contributed by atoms with van der Waals surface area (Å²) in [6.45, 7) is 6.17. The van der Waals surface area contributed by atoms with Crippen molar-refractivity contribution in [3.8, 4) is 0 Å². The number of hydrogen-bond donors (Lipinski definition) is 1. The van der Waals surface area contributed by atoms with Gasteiger partial charge in [-0.3, -0.25) is 0 Å². The van der Waals surface area contributed by atoms with Crippen LogP contribution in [0.4, 0.5) is 0 Å². The van der Waals surface area contributed by atoms with Crippen LogP contribution in [0.25, 0.3) is 0 Å². The summed E-state index contributed by atoms with van der Waals surface area (Å²) in [5.41, 5.74) is 7.88. The van der Waals surface area contributed by atoms with Crippen LogP contribution in [-0.4, -0.2) is 49.6 Å². The molecule has 2 N–H and O–H groups in total. The topological polar surface area (TPSA) is 47.7 Å². The van der Waals surface area contributed by atoms with E-state index < -0.39 is 5.79 Å². The highest BCUT2D eigenvalue weighted by atomic mass is 16.7. The van der Waals surface area contributed by atoms with Gasteiger partial charge in [0.1, 0.15) is 0 Å². The standard InChI is InChI=1S/C17H28N2O2/c1-4-20-17(21-5-2)11-12-19(3)15(16(17)18)13-14-9-7-6-8-10-14/h6-10,15-16H,4-5,11-13,18H2,1-3H3. The Morgan fingerprint density at radius 2 is 1.81 bits per heavy atom. The molecule has 0 amide bonds. The van der Waals surface area contributed by atoms with Gasteiger partial charge in [0.15, 0.2) is 5.79 Å². The molecule has 4 nitrogen and oxygen atoms in total. The smallest absolute Gasteiger partial charge is 0.186 e. The summed E-state index contributed by atoms with van der Waals surface area (Å²) in [5, 5.41) is 0. The lowest BCUT2D eigenvalue weighted by Gasteiger charge is -2.49. The fourth-order valence-corrected chi connectivity index (χ4v) is 3.24. The quantitative estimate of drug-likeness (QED) is 0.815. The number of hydrogen-bond acceptors (Lipinski definition) is 4. The van der Waals surface area contributed by atoms with Crippen molar-refractivity contribution in [1.82, 2.24) is 4.90 Å². The maximum Gasteiger partial charge on any atom is 0.186 e. The first-order chi connectivity index (χ1) is 10.1. The Kier molecular flexibility index (Phi) is 5.76. The monoisotopic (exact) mass is 292 g/mol. The number of benzene rings is 1. The normalized spacial score (nSPS) is 25.9. The highest BCUT2D eigenvalue weighted by Gasteiger charge is 2.47. The molecule has 1 heterocycles. The molecule has 2 rings (SSSR count). The lowest BCUT2D eigenvalue weighted by Crippen LogP contribution is -2.67. The first-order valence-corrected chi connectivity index (χ1v) is 7.90. The molecule has 1 aromatic carbocycles. The van der Waals surface area contributed by atoms with Crippen LogP contribution in [0, 0.1) is 0 Å². The summed E-state index contributed by atoms with van der Waals surface area (Å²) in [6, 6.07) is 10.6. The molecule has 118 valence electrons. The van der Waals surface area contributed by atoms with E-state index in [9.17, 15) is 0 Å². The molecule has 1 aliphatic heterocycles. The van der Waals surface area contributed by atoms with Gasteiger partial charge in [0.2, 0.25) is 0 Å². The Labute approximate surface area is 128 Å². The van der Waals surface area contributed by atoms with Crippen LogP contribution < -0.4 is 5.73 Å². The second-order valence-corrected chi connectivity index (χ2v) is 5.69. The molecule has 0 aliphatic carbocycles. The second kappa shape index (κ2) is 7.36. The van der Waals surface area contributed by atoms with Gasteiger partial charge in [-0.25, -0.2) is 0 Å². The van der Waals surface area contributed by atoms with Gasteiger partial charge in [0, 0.05) is 32.2 Å². The molecule has 1 fully saturated rings. The van der Waals surface area contributed by atoms with E-state index in [0.717, 1.165) is 19.4 Å². The van der Waals surface area contributed by atoms with Crippen LogP contribution in [0.2, 0.25) is 0 Å². The zero-order chi connectivity index (χ0) is 15.3. The summed E-state index contributed by atoms with van der Waals surface area (Å²) in [5.74, 6) is -0.643. The highest BCUT2D eigenvalue weighted by Crippen LogP contribution is 2.31. The van der Waals surface area contributed by atoms with Crippen molar-refractivity contribution in [3.05, 3.63) is 35.9 Å². The lowest BCUT2D eigenvalue weighted by atomic mass is 9.87. The van der Waals surface area contributed by atoms with E-state index in [4.69, 9.17) is 15.2 Å². The fourth-order valence-electron chi connectivity index (χ4n) is 3.24. The molecule has 4 heteroatoms. The molecule has 0 saturated carbocycles. The first kappa shape index (κ1) is 16.4. The number of nitrogens with two attached hydrogens (primary N) is 1. The SMILES string of the molecule is CCOC1(OCC)CCN(C)C(Cc2ccccc2)C1N. The van der Waals surface area contributed by atoms with Crippen LogP contribution in [0.3, 0.4) is 0 Å². The summed E-state index contributed by atoms with van der Waals surface area (Å²) >= 11 is 0. The molecule has 1 aliphatic rings. The van der Waals surface area contributed by atoms with E-state index in [2.05, 4.69) is 36.2 Å². The van der Waals surface area contributed by atoms with E-state index in [1.807, 2.05) is 19.9 Å². The number of rotatable bonds is 6. The fraction of sp³-hybridized carbons (Fsp3) is 0.647. The Bertz CT molecular complexity index is 418. The van der Waals surface area contributed by atoms with Crippen molar-refractivity contribution in [1.29, 1.82) is 0 Å². The molecule has 0 aromatic heterocycles. The van der Waals surface area contributed by atoms with Gasteiger partial charge in [0.25, 0.3) is 0 Å². The van der Waals surface area contributed by atoms with Crippen LogP contribution in [-0.2, 0) is 15.9 Å². The Hall–Kier alpha value is -0.940. The minimum Gasteiger partial charge on any atom is -0.349 e. The zero-order valence-corrected chi connectivity index (χ0v) is 13.4. The minimum absolute atomic E-state index is 0.156. The summed E-state index contributed by atoms with van der Waals surface area (Å²) < 4.78 is 11.9. The molecular weight excluding hydrogens is 264 g/mol. The van der Waals surface area contributed by atoms with Gasteiger partial charge in [-0.05, 0) is 32.9 Å². The largest absolute Gasteiger partial charge is 0.349 e. The van der Waals surface area contributed by atoms with Crippen molar-refractivity contribution in [2.24, 2.45) is 5.73 Å². The first-order valence-electron chi connectivity index (χ1n) is 7.90. The van der Waals surface area contributed by atoms with Crippen LogP contribution in [0.15, 0.2) is 30.3 Å². The molecule has 2 unspecified atom stereocenters. The Morgan fingerprint density at radius 3 is 2.38 bits per heavy atom. The summed E-state index contributed by atoms with van der Waals surface area (Å²) in [7, 11) is 2.13. The Morgan fingerprint density at radius 1 is 1.19 bits per heavy atom. The van der Waals surface area contributed by atoms with E-state index >= 15 is 0 Å². The van der Waals surface area contributed by atoms with Gasteiger partial charge in [0.05, 0.1) is 6.04 Å². The molecule has 1 aromatic rings. The second-order valence-electron chi connectivity index (χ2n) is 5.69. The number of piperidine rings is 1. The highest BCUT2D eigenvalue weighted by molar-refractivity contribution is 5.17. The molecule has 21 heavy (non-hydrogen) atoms. The van der Waals surface area contributed by atoms with Gasteiger partial charge >= 0.3 is 0 Å². The predicted octanol–water partition coefficient (Wildman–Crippen LogP) is 2.03. The number of likely N-dealkylation sites (tertiary alicyclic amines) is 1. The third kappa shape index (κ3) is 3.64. The number of likely N-dealkylation sites (N-methyl/N-ethyl adjacent to an activating group) is 1. The Balaban J connectivity index is 2.18. The third-order valence-electron chi connectivity index (χ3n) is 4.37. The molecule has 0 spiro atoms. The maximum atomic E-state index is 6.58. The van der Waals surface area contributed by atoms with Crippen molar-refractivity contribution in [2.75, 3.05) is 26.8 Å². The van der Waals surface area contributed by atoms with Gasteiger partial charge < -0.3 is 20.1 Å². The van der Waals surface area contributed by atoms with Crippen molar-refractivity contribution < 1.29 is 9.47 Å². The van der Waals surface area contributed by atoms with Crippen molar-refractivity contribution in [3.63, 3.8) is 0 Å². The van der Waals surface area contributed by atoms with Crippen LogP contribution in [0.1, 0.15) is 25.8 Å². The molecule has 2 atom stereocenters. The van der Waals surface area contributed by atoms with Crippen molar-refractivity contribution >= 4 is 0 Å². The van der Waals surface area contributed by atoms with E-state index in [0.29, 0.717) is 13.2 Å².